The summed E-state index contributed by atoms with van der Waals surface area (Å²) in [7, 11) is 0. The third-order valence-corrected chi connectivity index (χ3v) is 2.85. The standard InChI is InChI=1S/C17H15NO3/c1-12(19)14-7-3-4-8-15(14)18-17(21)11-10-13-6-2-5-9-16(13)20/h2-11,19-20H,1H2,(H,18,21)/b11-10+. The lowest BCUT2D eigenvalue weighted by atomic mass is 10.1. The van der Waals surface area contributed by atoms with Gasteiger partial charge >= 0.3 is 0 Å². The highest BCUT2D eigenvalue weighted by molar-refractivity contribution is 6.03. The van der Waals surface area contributed by atoms with Gasteiger partial charge in [0.05, 0.1) is 5.69 Å². The molecule has 4 heteroatoms. The van der Waals surface area contributed by atoms with Gasteiger partial charge in [0.2, 0.25) is 5.91 Å². The molecular weight excluding hydrogens is 266 g/mol. The number of carbonyl (C=O) groups excluding carboxylic acids is 1. The van der Waals surface area contributed by atoms with Crippen molar-refractivity contribution in [2.45, 2.75) is 0 Å². The number of phenolic OH excluding ortho intramolecular Hbond substituents is 1. The van der Waals surface area contributed by atoms with Gasteiger partial charge in [0.25, 0.3) is 0 Å². The average Bonchev–Trinajstić information content (AvgIpc) is 2.47. The molecule has 0 heterocycles. The first-order chi connectivity index (χ1) is 10.1. The number of aliphatic hydroxyl groups excluding tert-OH is 1. The van der Waals surface area contributed by atoms with Crippen LogP contribution >= 0.6 is 0 Å². The Morgan fingerprint density at radius 3 is 2.48 bits per heavy atom. The number of hydrogen-bond donors (Lipinski definition) is 3. The summed E-state index contributed by atoms with van der Waals surface area (Å²) in [5.41, 5.74) is 1.48. The number of anilines is 1. The topological polar surface area (TPSA) is 69.6 Å². The van der Waals surface area contributed by atoms with Crippen molar-refractivity contribution in [1.29, 1.82) is 0 Å². The van der Waals surface area contributed by atoms with Gasteiger partial charge in [0.15, 0.2) is 0 Å². The van der Waals surface area contributed by atoms with E-state index in [1.54, 1.807) is 48.5 Å². The monoisotopic (exact) mass is 281 g/mol. The van der Waals surface area contributed by atoms with Gasteiger partial charge in [0, 0.05) is 17.2 Å². The minimum absolute atomic E-state index is 0.102. The van der Waals surface area contributed by atoms with Crippen LogP contribution in [0.4, 0.5) is 5.69 Å². The molecule has 0 aliphatic heterocycles. The molecule has 3 N–H and O–H groups in total. The molecule has 0 saturated carbocycles. The fraction of sp³-hybridized carbons (Fsp3) is 0. The Balaban J connectivity index is 2.13. The lowest BCUT2D eigenvalue weighted by Gasteiger charge is -2.08. The second-order valence-electron chi connectivity index (χ2n) is 4.37. The third kappa shape index (κ3) is 3.73. The van der Waals surface area contributed by atoms with Gasteiger partial charge in [-0.05, 0) is 24.3 Å². The maximum atomic E-state index is 11.9. The predicted octanol–water partition coefficient (Wildman–Crippen LogP) is 3.57. The smallest absolute Gasteiger partial charge is 0.248 e. The molecule has 2 rings (SSSR count). The molecule has 0 radical (unpaired) electrons. The van der Waals surface area contributed by atoms with E-state index in [1.165, 1.54) is 12.2 Å². The summed E-state index contributed by atoms with van der Waals surface area (Å²) < 4.78 is 0. The number of nitrogens with one attached hydrogen (secondary N) is 1. The number of hydrogen-bond acceptors (Lipinski definition) is 3. The maximum absolute atomic E-state index is 11.9. The van der Waals surface area contributed by atoms with Crippen LogP contribution in [-0.2, 0) is 4.79 Å². The zero-order valence-corrected chi connectivity index (χ0v) is 11.3. The lowest BCUT2D eigenvalue weighted by molar-refractivity contribution is -0.111. The highest BCUT2D eigenvalue weighted by atomic mass is 16.3. The quantitative estimate of drug-likeness (QED) is 0.592. The van der Waals surface area contributed by atoms with Crippen LogP contribution in [-0.4, -0.2) is 16.1 Å². The number of benzene rings is 2. The van der Waals surface area contributed by atoms with Crippen LogP contribution in [0.25, 0.3) is 11.8 Å². The SMILES string of the molecule is C=C(O)c1ccccc1NC(=O)/C=C/c1ccccc1O. The fourth-order valence-electron chi connectivity index (χ4n) is 1.81. The van der Waals surface area contributed by atoms with Crippen LogP contribution in [0.5, 0.6) is 5.75 Å². The summed E-state index contributed by atoms with van der Waals surface area (Å²) in [6.07, 6.45) is 2.83. The van der Waals surface area contributed by atoms with Gasteiger partial charge in [0.1, 0.15) is 11.5 Å². The zero-order valence-electron chi connectivity index (χ0n) is 11.3. The van der Waals surface area contributed by atoms with Crippen LogP contribution in [0.3, 0.4) is 0 Å². The van der Waals surface area contributed by atoms with Crippen LogP contribution < -0.4 is 5.32 Å². The Morgan fingerprint density at radius 2 is 1.76 bits per heavy atom. The maximum Gasteiger partial charge on any atom is 0.248 e. The first-order valence-electron chi connectivity index (χ1n) is 6.32. The molecule has 0 aliphatic rings. The molecule has 1 amide bonds. The second kappa shape index (κ2) is 6.43. The average molecular weight is 281 g/mol. The molecular formula is C17H15NO3. The highest BCUT2D eigenvalue weighted by Crippen LogP contribution is 2.21. The van der Waals surface area contributed by atoms with Gasteiger partial charge in [-0.3, -0.25) is 4.79 Å². The van der Waals surface area contributed by atoms with Crippen molar-refractivity contribution in [3.63, 3.8) is 0 Å². The summed E-state index contributed by atoms with van der Waals surface area (Å²) in [4.78, 5) is 11.9. The number of aliphatic hydroxyl groups is 1. The highest BCUT2D eigenvalue weighted by Gasteiger charge is 2.06. The van der Waals surface area contributed by atoms with Crippen molar-refractivity contribution in [3.05, 3.63) is 72.3 Å². The van der Waals surface area contributed by atoms with Crippen molar-refractivity contribution >= 4 is 23.4 Å². The number of amides is 1. The van der Waals surface area contributed by atoms with Gasteiger partial charge in [-0.15, -0.1) is 0 Å². The van der Waals surface area contributed by atoms with E-state index in [4.69, 9.17) is 0 Å². The van der Waals surface area contributed by atoms with Crippen molar-refractivity contribution in [3.8, 4) is 5.75 Å². The molecule has 21 heavy (non-hydrogen) atoms. The van der Waals surface area contributed by atoms with E-state index in [1.807, 2.05) is 0 Å². The van der Waals surface area contributed by atoms with Crippen molar-refractivity contribution in [2.75, 3.05) is 5.32 Å². The molecule has 2 aromatic rings. The van der Waals surface area contributed by atoms with Gasteiger partial charge in [-0.25, -0.2) is 0 Å². The van der Waals surface area contributed by atoms with E-state index >= 15 is 0 Å². The molecule has 0 spiro atoms. The Labute approximate surface area is 122 Å². The van der Waals surface area contributed by atoms with Crippen LogP contribution in [0.1, 0.15) is 11.1 Å². The summed E-state index contributed by atoms with van der Waals surface area (Å²) in [6, 6.07) is 13.5. The molecule has 0 aliphatic carbocycles. The molecule has 4 nitrogen and oxygen atoms in total. The van der Waals surface area contributed by atoms with Crippen molar-refractivity contribution < 1.29 is 15.0 Å². The van der Waals surface area contributed by atoms with Gasteiger partial charge in [-0.2, -0.15) is 0 Å². The summed E-state index contributed by atoms with van der Waals surface area (Å²) in [6.45, 7) is 3.45. The number of carbonyl (C=O) groups is 1. The Kier molecular flexibility index (Phi) is 4.41. The molecule has 0 atom stereocenters. The van der Waals surface area contributed by atoms with E-state index in [0.29, 0.717) is 16.8 Å². The number of aromatic hydroxyl groups is 1. The zero-order chi connectivity index (χ0) is 15.2. The largest absolute Gasteiger partial charge is 0.508 e. The fourth-order valence-corrected chi connectivity index (χ4v) is 1.81. The van der Waals surface area contributed by atoms with Crippen molar-refractivity contribution in [2.24, 2.45) is 0 Å². The minimum atomic E-state index is -0.369. The Bertz CT molecular complexity index is 705. The van der Waals surface area contributed by atoms with E-state index in [0.717, 1.165) is 0 Å². The number of para-hydroxylation sites is 2. The first-order valence-corrected chi connectivity index (χ1v) is 6.32. The summed E-state index contributed by atoms with van der Waals surface area (Å²) >= 11 is 0. The molecule has 2 aromatic carbocycles. The van der Waals surface area contributed by atoms with E-state index in [9.17, 15) is 15.0 Å². The number of rotatable bonds is 4. The van der Waals surface area contributed by atoms with Gasteiger partial charge < -0.3 is 15.5 Å². The van der Waals surface area contributed by atoms with Crippen LogP contribution in [0.15, 0.2) is 61.2 Å². The Morgan fingerprint density at radius 1 is 1.10 bits per heavy atom. The lowest BCUT2D eigenvalue weighted by Crippen LogP contribution is -2.09. The van der Waals surface area contributed by atoms with Crippen LogP contribution in [0.2, 0.25) is 0 Å². The number of phenols is 1. The summed E-state index contributed by atoms with van der Waals surface area (Å²) in [5, 5.41) is 21.7. The Hall–Kier alpha value is -3.01. The molecule has 0 fully saturated rings. The second-order valence-corrected chi connectivity index (χ2v) is 4.37. The van der Waals surface area contributed by atoms with Gasteiger partial charge in [-0.1, -0.05) is 36.9 Å². The van der Waals surface area contributed by atoms with E-state index in [-0.39, 0.29) is 17.4 Å². The summed E-state index contributed by atoms with van der Waals surface area (Å²) in [5.74, 6) is -0.381. The first kappa shape index (κ1) is 14.4. The normalized spacial score (nSPS) is 10.5. The van der Waals surface area contributed by atoms with E-state index < -0.39 is 0 Å². The van der Waals surface area contributed by atoms with E-state index in [2.05, 4.69) is 11.9 Å². The molecule has 0 bridgehead atoms. The molecule has 106 valence electrons. The van der Waals surface area contributed by atoms with Crippen molar-refractivity contribution in [1.82, 2.24) is 0 Å². The molecule has 0 unspecified atom stereocenters. The molecule has 0 saturated heterocycles. The minimum Gasteiger partial charge on any atom is -0.508 e. The molecule has 0 aromatic heterocycles. The van der Waals surface area contributed by atoms with Crippen LogP contribution in [0, 0.1) is 0 Å². The predicted molar refractivity (Wildman–Crippen MR) is 83.9 cm³/mol. The third-order valence-electron chi connectivity index (χ3n) is 2.85.